The quantitative estimate of drug-likeness (QED) is 0.0536. The maximum Gasteiger partial charge on any atom is 0.345 e. The lowest BCUT2D eigenvalue weighted by Crippen LogP contribution is -2.33. The number of hydrogen-bond acceptors (Lipinski definition) is 3. The van der Waals surface area contributed by atoms with Crippen molar-refractivity contribution in [3.8, 4) is 18.1 Å². The third-order valence-corrected chi connectivity index (χ3v) is 8.44. The maximum atomic E-state index is 14.4. The van der Waals surface area contributed by atoms with Gasteiger partial charge in [-0.05, 0) is 56.2 Å². The average molecular weight is 584 g/mol. The van der Waals surface area contributed by atoms with Crippen LogP contribution in [0, 0.1) is 55.3 Å². The number of carbonyl (C=O) groups excluding carboxylic acids is 1. The molecule has 1 unspecified atom stereocenters. The first kappa shape index (κ1) is 29.7. The summed E-state index contributed by atoms with van der Waals surface area (Å²) < 4.78 is 80.6. The Labute approximate surface area is 237 Å². The van der Waals surface area contributed by atoms with E-state index in [4.69, 9.17) is 15.9 Å². The minimum Gasteiger partial charge on any atom is -0.481 e. The first-order valence-electron chi connectivity index (χ1n) is 12.3. The van der Waals surface area contributed by atoms with E-state index in [1.165, 1.54) is 0 Å². The van der Waals surface area contributed by atoms with Crippen LogP contribution in [0.25, 0.3) is 0 Å². The molecule has 0 aromatic heterocycles. The number of ether oxygens (including phenoxy) is 2. The Morgan fingerprint density at radius 2 is 1.22 bits per heavy atom. The van der Waals surface area contributed by atoms with Crippen LogP contribution >= 0.6 is 0 Å². The molecule has 4 rings (SSSR count). The van der Waals surface area contributed by atoms with Gasteiger partial charge in [0.2, 0.25) is 11.4 Å². The summed E-state index contributed by atoms with van der Waals surface area (Å²) in [7, 11) is -0.431. The molecule has 0 heterocycles. The van der Waals surface area contributed by atoms with Crippen molar-refractivity contribution >= 4 is 16.9 Å². The summed E-state index contributed by atoms with van der Waals surface area (Å²) in [6.07, 6.45) is 5.32. The van der Waals surface area contributed by atoms with Gasteiger partial charge in [0.25, 0.3) is 0 Å². The molecule has 0 aliphatic carbocycles. The molecule has 3 nitrogen and oxygen atoms in total. The van der Waals surface area contributed by atoms with Gasteiger partial charge in [-0.1, -0.05) is 42.3 Å². The van der Waals surface area contributed by atoms with Gasteiger partial charge >= 0.3 is 5.97 Å². The highest BCUT2D eigenvalue weighted by molar-refractivity contribution is 7.97. The molecule has 4 aromatic rings. The molecule has 0 fully saturated rings. The smallest absolute Gasteiger partial charge is 0.345 e. The molecule has 0 saturated heterocycles. The van der Waals surface area contributed by atoms with Crippen LogP contribution in [0.3, 0.4) is 0 Å². The summed E-state index contributed by atoms with van der Waals surface area (Å²) in [6, 6.07) is 23.8. The molecule has 0 amide bonds. The average Bonchev–Trinajstić information content (AvgIpc) is 2.96. The highest BCUT2D eigenvalue weighted by atomic mass is 32.2. The van der Waals surface area contributed by atoms with Crippen molar-refractivity contribution in [2.24, 2.45) is 0 Å². The normalized spacial score (nSPS) is 12.5. The molecule has 0 spiro atoms. The maximum absolute atomic E-state index is 14.4. The van der Waals surface area contributed by atoms with Gasteiger partial charge in [-0.15, -0.1) is 6.42 Å². The van der Waals surface area contributed by atoms with Crippen LogP contribution in [0.5, 0.6) is 5.75 Å². The molecule has 0 bridgehead atoms. The predicted octanol–water partition coefficient (Wildman–Crippen LogP) is 7.56. The Balaban J connectivity index is 1.58. The standard InChI is InChI=1S/C32H24F5O3S/c1-5-32(4,25-26(33)28(35)30(37)29(36)27(25)34)40-24(38)18-39-31-19(2)16-23(17-20(31)3)41(21-12-8-6-9-13-21)22-14-10-7-11-15-22/h1,6-17H,18H2,2-4H3/q+1. The first-order valence-corrected chi connectivity index (χ1v) is 13.5. The van der Waals surface area contributed by atoms with Crippen LogP contribution in [-0.2, 0) is 26.0 Å². The van der Waals surface area contributed by atoms with E-state index >= 15 is 0 Å². The van der Waals surface area contributed by atoms with Gasteiger partial charge in [-0.3, -0.25) is 0 Å². The van der Waals surface area contributed by atoms with E-state index in [1.807, 2.05) is 78.7 Å². The first-order chi connectivity index (χ1) is 19.5. The van der Waals surface area contributed by atoms with E-state index in [-0.39, 0.29) is 0 Å². The second-order valence-corrected chi connectivity index (χ2v) is 11.2. The van der Waals surface area contributed by atoms with Crippen molar-refractivity contribution in [1.82, 2.24) is 0 Å². The fourth-order valence-electron chi connectivity index (χ4n) is 4.34. The van der Waals surface area contributed by atoms with Gasteiger partial charge < -0.3 is 9.47 Å². The Morgan fingerprint density at radius 3 is 1.66 bits per heavy atom. The predicted molar refractivity (Wildman–Crippen MR) is 145 cm³/mol. The van der Waals surface area contributed by atoms with Crippen LogP contribution < -0.4 is 4.74 Å². The van der Waals surface area contributed by atoms with Crippen LogP contribution in [0.15, 0.2) is 87.5 Å². The Hall–Kier alpha value is -4.29. The van der Waals surface area contributed by atoms with E-state index < -0.39 is 63.7 Å². The number of halogens is 5. The van der Waals surface area contributed by atoms with Crippen molar-refractivity contribution < 1.29 is 36.2 Å². The Kier molecular flexibility index (Phi) is 8.74. The van der Waals surface area contributed by atoms with Crippen LogP contribution in [-0.4, -0.2) is 12.6 Å². The van der Waals surface area contributed by atoms with E-state index in [0.717, 1.165) is 21.6 Å². The number of rotatable bonds is 8. The summed E-state index contributed by atoms with van der Waals surface area (Å²) in [5.74, 6) is -10.1. The molecule has 0 aliphatic heterocycles. The summed E-state index contributed by atoms with van der Waals surface area (Å²) >= 11 is 0. The summed E-state index contributed by atoms with van der Waals surface area (Å²) in [6.45, 7) is 3.71. The zero-order valence-corrected chi connectivity index (χ0v) is 23.1. The Bertz CT molecular complexity index is 1550. The molecule has 41 heavy (non-hydrogen) atoms. The number of benzene rings is 4. The number of aryl methyl sites for hydroxylation is 2. The van der Waals surface area contributed by atoms with Gasteiger partial charge in [-0.2, -0.15) is 0 Å². The monoisotopic (exact) mass is 583 g/mol. The third kappa shape index (κ3) is 5.93. The summed E-state index contributed by atoms with van der Waals surface area (Å²) in [5.41, 5.74) is -2.64. The zero-order chi connectivity index (χ0) is 29.9. The zero-order valence-electron chi connectivity index (χ0n) is 22.2. The van der Waals surface area contributed by atoms with Crippen molar-refractivity contribution in [1.29, 1.82) is 0 Å². The third-order valence-electron chi connectivity index (χ3n) is 6.24. The summed E-state index contributed by atoms with van der Waals surface area (Å²) in [4.78, 5) is 15.9. The fraction of sp³-hybridized carbons (Fsp3) is 0.156. The van der Waals surface area contributed by atoms with Crippen molar-refractivity contribution in [3.63, 3.8) is 0 Å². The number of carbonyl (C=O) groups is 1. The lowest BCUT2D eigenvalue weighted by molar-refractivity contribution is -0.156. The minimum absolute atomic E-state index is 0.369. The van der Waals surface area contributed by atoms with Gasteiger partial charge in [0.15, 0.2) is 44.6 Å². The highest BCUT2D eigenvalue weighted by Crippen LogP contribution is 2.36. The van der Waals surface area contributed by atoms with Gasteiger partial charge in [0.1, 0.15) is 5.75 Å². The molecule has 0 aliphatic rings. The molecular weight excluding hydrogens is 559 g/mol. The van der Waals surface area contributed by atoms with Crippen LogP contribution in [0.4, 0.5) is 22.0 Å². The molecule has 1 atom stereocenters. The Morgan fingerprint density at radius 1 is 0.780 bits per heavy atom. The molecular formula is C32H24F5O3S+. The SMILES string of the molecule is C#CC(C)(OC(=O)COc1c(C)cc([S+](c2ccccc2)c2ccccc2)cc1C)c1c(F)c(F)c(F)c(F)c1F. The molecule has 4 aromatic carbocycles. The fourth-order valence-corrected chi connectivity index (χ4v) is 6.61. The summed E-state index contributed by atoms with van der Waals surface area (Å²) in [5, 5.41) is 0. The molecule has 0 radical (unpaired) electrons. The van der Waals surface area contributed by atoms with E-state index in [9.17, 15) is 26.7 Å². The topological polar surface area (TPSA) is 35.5 Å². The van der Waals surface area contributed by atoms with Crippen molar-refractivity contribution in [2.45, 2.75) is 41.1 Å². The van der Waals surface area contributed by atoms with Crippen molar-refractivity contribution in [3.05, 3.63) is 119 Å². The van der Waals surface area contributed by atoms with Gasteiger partial charge in [-0.25, -0.2) is 26.7 Å². The molecule has 0 N–H and O–H groups in total. The van der Waals surface area contributed by atoms with E-state index in [2.05, 4.69) is 0 Å². The molecule has 9 heteroatoms. The van der Waals surface area contributed by atoms with Gasteiger partial charge in [0.05, 0.1) is 16.5 Å². The number of hydrogen-bond donors (Lipinski definition) is 0. The largest absolute Gasteiger partial charge is 0.481 e. The van der Waals surface area contributed by atoms with Crippen LogP contribution in [0.1, 0.15) is 23.6 Å². The lowest BCUT2D eigenvalue weighted by Gasteiger charge is -2.26. The second-order valence-electron chi connectivity index (χ2n) is 9.20. The molecule has 210 valence electrons. The lowest BCUT2D eigenvalue weighted by atomic mass is 9.94. The van der Waals surface area contributed by atoms with Gasteiger partial charge in [0, 0.05) is 12.1 Å². The highest BCUT2D eigenvalue weighted by Gasteiger charge is 2.40. The number of terminal acetylenes is 1. The number of esters is 1. The second kappa shape index (κ2) is 12.1. The minimum atomic E-state index is -2.60. The van der Waals surface area contributed by atoms with E-state index in [1.54, 1.807) is 13.8 Å². The van der Waals surface area contributed by atoms with E-state index in [0.29, 0.717) is 16.9 Å². The van der Waals surface area contributed by atoms with Crippen molar-refractivity contribution in [2.75, 3.05) is 6.61 Å². The van der Waals surface area contributed by atoms with Crippen LogP contribution in [0.2, 0.25) is 0 Å². The molecule has 0 saturated carbocycles.